The van der Waals surface area contributed by atoms with Crippen molar-refractivity contribution in [3.8, 4) is 5.75 Å². The van der Waals surface area contributed by atoms with Gasteiger partial charge in [0.25, 0.3) is 11.8 Å². The van der Waals surface area contributed by atoms with Gasteiger partial charge in [0.05, 0.1) is 0 Å². The van der Waals surface area contributed by atoms with Crippen molar-refractivity contribution < 1.29 is 14.3 Å². The highest BCUT2D eigenvalue weighted by atomic mass is 16.5. The Balaban J connectivity index is 1.77. The molecule has 2 rings (SSSR count). The topological polar surface area (TPSA) is 67.4 Å². The van der Waals surface area contributed by atoms with Crippen molar-refractivity contribution in [3.63, 3.8) is 0 Å². The second kappa shape index (κ2) is 9.27. The van der Waals surface area contributed by atoms with Crippen molar-refractivity contribution >= 4 is 17.9 Å². The van der Waals surface area contributed by atoms with Crippen LogP contribution in [0.3, 0.4) is 0 Å². The first-order valence-electron chi connectivity index (χ1n) is 8.10. The van der Waals surface area contributed by atoms with Crippen molar-refractivity contribution in [2.75, 3.05) is 6.61 Å². The van der Waals surface area contributed by atoms with Crippen LogP contribution in [0.4, 0.5) is 0 Å². The minimum absolute atomic E-state index is 0.174. The van der Waals surface area contributed by atoms with Crippen LogP contribution in [0.1, 0.15) is 30.9 Å². The minimum Gasteiger partial charge on any atom is -0.483 e. The molecule has 5 heteroatoms. The van der Waals surface area contributed by atoms with Gasteiger partial charge in [0, 0.05) is 6.08 Å². The van der Waals surface area contributed by atoms with Gasteiger partial charge in [-0.2, -0.15) is 0 Å². The molecule has 0 aliphatic rings. The molecule has 0 unspecified atom stereocenters. The van der Waals surface area contributed by atoms with E-state index in [1.165, 1.54) is 6.08 Å². The van der Waals surface area contributed by atoms with E-state index in [-0.39, 0.29) is 6.61 Å². The molecular weight excluding hydrogens is 316 g/mol. The van der Waals surface area contributed by atoms with E-state index in [2.05, 4.69) is 24.7 Å². The van der Waals surface area contributed by atoms with Crippen LogP contribution in [0.15, 0.2) is 60.7 Å². The summed E-state index contributed by atoms with van der Waals surface area (Å²) in [5.41, 5.74) is 6.58. The molecule has 0 saturated heterocycles. The van der Waals surface area contributed by atoms with Crippen molar-refractivity contribution in [2.45, 2.75) is 19.8 Å². The Kier molecular flexibility index (Phi) is 6.77. The Morgan fingerprint density at radius 1 is 1.00 bits per heavy atom. The zero-order valence-electron chi connectivity index (χ0n) is 14.4. The number of benzene rings is 2. The van der Waals surface area contributed by atoms with Gasteiger partial charge in [-0.1, -0.05) is 62.4 Å². The van der Waals surface area contributed by atoms with Crippen molar-refractivity contribution in [2.24, 2.45) is 0 Å². The zero-order valence-corrected chi connectivity index (χ0v) is 14.4. The van der Waals surface area contributed by atoms with E-state index in [0.29, 0.717) is 11.7 Å². The van der Waals surface area contributed by atoms with Gasteiger partial charge >= 0.3 is 0 Å². The molecule has 0 bridgehead atoms. The second-order valence-electron chi connectivity index (χ2n) is 5.76. The van der Waals surface area contributed by atoms with Crippen LogP contribution < -0.4 is 15.6 Å². The van der Waals surface area contributed by atoms with E-state index in [1.807, 2.05) is 54.6 Å². The lowest BCUT2D eigenvalue weighted by atomic mass is 10.0. The molecule has 0 aliphatic carbocycles. The Bertz CT molecular complexity index is 740. The summed E-state index contributed by atoms with van der Waals surface area (Å²) in [6.45, 7) is 3.94. The molecule has 0 atom stereocenters. The third-order valence-corrected chi connectivity index (χ3v) is 3.45. The Labute approximate surface area is 147 Å². The molecule has 0 aromatic heterocycles. The lowest BCUT2D eigenvalue weighted by Gasteiger charge is -2.13. The molecule has 2 aromatic rings. The maximum atomic E-state index is 11.8. The van der Waals surface area contributed by atoms with Gasteiger partial charge in [-0.3, -0.25) is 20.4 Å². The third kappa shape index (κ3) is 6.14. The van der Waals surface area contributed by atoms with Crippen LogP contribution in [0.25, 0.3) is 6.08 Å². The first-order chi connectivity index (χ1) is 12.1. The lowest BCUT2D eigenvalue weighted by molar-refractivity contribution is -0.128. The summed E-state index contributed by atoms with van der Waals surface area (Å²) in [4.78, 5) is 23.5. The van der Waals surface area contributed by atoms with E-state index < -0.39 is 11.8 Å². The lowest BCUT2D eigenvalue weighted by Crippen LogP contribution is -2.43. The van der Waals surface area contributed by atoms with E-state index in [9.17, 15) is 9.59 Å². The molecule has 5 nitrogen and oxygen atoms in total. The largest absolute Gasteiger partial charge is 0.483 e. The van der Waals surface area contributed by atoms with Gasteiger partial charge in [-0.05, 0) is 29.2 Å². The number of hydrogen-bond acceptors (Lipinski definition) is 3. The van der Waals surface area contributed by atoms with Crippen molar-refractivity contribution in [3.05, 3.63) is 71.8 Å². The smallest absolute Gasteiger partial charge is 0.276 e. The SMILES string of the molecule is CC(C)c1ccccc1OCC(=O)NNC(=O)C=Cc1ccccc1. The number of para-hydroxylation sites is 1. The molecule has 2 aromatic carbocycles. The summed E-state index contributed by atoms with van der Waals surface area (Å²) >= 11 is 0. The fourth-order valence-electron chi connectivity index (χ4n) is 2.18. The number of rotatable bonds is 6. The van der Waals surface area contributed by atoms with Crippen LogP contribution in [-0.4, -0.2) is 18.4 Å². The molecule has 2 N–H and O–H groups in total. The van der Waals surface area contributed by atoms with E-state index in [4.69, 9.17) is 4.74 Å². The van der Waals surface area contributed by atoms with Crippen LogP contribution >= 0.6 is 0 Å². The molecule has 0 spiro atoms. The van der Waals surface area contributed by atoms with Gasteiger partial charge in [0.2, 0.25) is 0 Å². The molecular formula is C20H22N2O3. The highest BCUT2D eigenvalue weighted by molar-refractivity contribution is 5.93. The van der Waals surface area contributed by atoms with Crippen LogP contribution in [-0.2, 0) is 9.59 Å². The number of carbonyl (C=O) groups is 2. The monoisotopic (exact) mass is 338 g/mol. The summed E-state index contributed by atoms with van der Waals surface area (Å²) in [6, 6.07) is 17.0. The fourth-order valence-corrected chi connectivity index (χ4v) is 2.18. The summed E-state index contributed by atoms with van der Waals surface area (Å²) in [5.74, 6) is 0.116. The molecule has 0 fully saturated rings. The quantitative estimate of drug-likeness (QED) is 0.628. The molecule has 25 heavy (non-hydrogen) atoms. The molecule has 0 radical (unpaired) electrons. The molecule has 2 amide bonds. The third-order valence-electron chi connectivity index (χ3n) is 3.45. The predicted octanol–water partition coefficient (Wildman–Crippen LogP) is 3.05. The van der Waals surface area contributed by atoms with Crippen molar-refractivity contribution in [1.29, 1.82) is 0 Å². The second-order valence-corrected chi connectivity index (χ2v) is 5.76. The number of carbonyl (C=O) groups excluding carboxylic acids is 2. The number of amides is 2. The zero-order chi connectivity index (χ0) is 18.1. The summed E-state index contributed by atoms with van der Waals surface area (Å²) in [6.07, 6.45) is 3.02. The van der Waals surface area contributed by atoms with E-state index in [0.717, 1.165) is 11.1 Å². The van der Waals surface area contributed by atoms with Gasteiger partial charge in [0.15, 0.2) is 6.61 Å². The maximum Gasteiger partial charge on any atom is 0.276 e. The number of hydrogen-bond donors (Lipinski definition) is 2. The summed E-state index contributed by atoms with van der Waals surface area (Å²) in [5, 5.41) is 0. The van der Waals surface area contributed by atoms with Crippen LogP contribution in [0.5, 0.6) is 5.75 Å². The molecule has 130 valence electrons. The summed E-state index contributed by atoms with van der Waals surface area (Å²) < 4.78 is 5.54. The molecule has 0 aliphatic heterocycles. The van der Waals surface area contributed by atoms with E-state index in [1.54, 1.807) is 6.08 Å². The maximum absolute atomic E-state index is 11.8. The highest BCUT2D eigenvalue weighted by Gasteiger charge is 2.09. The standard InChI is InChI=1S/C20H22N2O3/c1-15(2)17-10-6-7-11-18(17)25-14-20(24)22-21-19(23)13-12-16-8-4-3-5-9-16/h3-13,15H,14H2,1-2H3,(H,21,23)(H,22,24). The number of ether oxygens (including phenoxy) is 1. The fraction of sp³-hybridized carbons (Fsp3) is 0.200. The van der Waals surface area contributed by atoms with E-state index >= 15 is 0 Å². The van der Waals surface area contributed by atoms with Crippen LogP contribution in [0, 0.1) is 0 Å². The Morgan fingerprint density at radius 3 is 2.40 bits per heavy atom. The van der Waals surface area contributed by atoms with Gasteiger partial charge in [-0.25, -0.2) is 0 Å². The first kappa shape index (κ1) is 18.3. The van der Waals surface area contributed by atoms with Gasteiger partial charge in [0.1, 0.15) is 5.75 Å². The Hall–Kier alpha value is -3.08. The Morgan fingerprint density at radius 2 is 1.68 bits per heavy atom. The molecule has 0 heterocycles. The first-order valence-corrected chi connectivity index (χ1v) is 8.10. The molecule has 0 saturated carbocycles. The average molecular weight is 338 g/mol. The van der Waals surface area contributed by atoms with Gasteiger partial charge < -0.3 is 4.74 Å². The van der Waals surface area contributed by atoms with Gasteiger partial charge in [-0.15, -0.1) is 0 Å². The number of nitrogens with one attached hydrogen (secondary N) is 2. The average Bonchev–Trinajstić information content (AvgIpc) is 2.64. The van der Waals surface area contributed by atoms with Crippen molar-refractivity contribution in [1.82, 2.24) is 10.9 Å². The number of hydrazine groups is 1. The normalized spacial score (nSPS) is 10.7. The van der Waals surface area contributed by atoms with Crippen LogP contribution in [0.2, 0.25) is 0 Å². The predicted molar refractivity (Wildman–Crippen MR) is 97.8 cm³/mol. The highest BCUT2D eigenvalue weighted by Crippen LogP contribution is 2.25. The minimum atomic E-state index is -0.431. The summed E-state index contributed by atoms with van der Waals surface area (Å²) in [7, 11) is 0.